The number of methoxy groups -OCH3 is 1. The van der Waals surface area contributed by atoms with Crippen LogP contribution in [-0.2, 0) is 16.0 Å². The number of rotatable bonds is 8. The molecular weight excluding hydrogens is 452 g/mol. The molecule has 0 spiro atoms. The number of carbonyl (C=O) groups excluding carboxylic acids is 2. The van der Waals surface area contributed by atoms with Gasteiger partial charge in [0.25, 0.3) is 0 Å². The van der Waals surface area contributed by atoms with Gasteiger partial charge in [-0.2, -0.15) is 0 Å². The molecule has 9 heteroatoms. The van der Waals surface area contributed by atoms with Crippen LogP contribution in [0.1, 0.15) is 31.2 Å². The molecule has 4 heterocycles. The van der Waals surface area contributed by atoms with Gasteiger partial charge in [-0.3, -0.25) is 14.7 Å². The van der Waals surface area contributed by atoms with E-state index in [9.17, 15) is 9.59 Å². The van der Waals surface area contributed by atoms with Crippen LogP contribution in [0.5, 0.6) is 5.88 Å². The minimum Gasteiger partial charge on any atom is -0.481 e. The number of aryl methyl sites for hydroxylation is 1. The molecule has 0 aliphatic carbocycles. The Morgan fingerprint density at radius 1 is 1.18 bits per heavy atom. The minimum absolute atomic E-state index is 0.0220. The third kappa shape index (κ3) is 4.79. The quantitative estimate of drug-likeness (QED) is 0.464. The van der Waals surface area contributed by atoms with E-state index in [0.717, 1.165) is 59.4 Å². The van der Waals surface area contributed by atoms with E-state index in [1.54, 1.807) is 12.0 Å². The van der Waals surface area contributed by atoms with Gasteiger partial charge in [0.15, 0.2) is 0 Å². The molecule has 1 saturated heterocycles. The van der Waals surface area contributed by atoms with Crippen molar-refractivity contribution in [1.29, 1.82) is 0 Å². The molecule has 3 aromatic rings. The van der Waals surface area contributed by atoms with Crippen LogP contribution in [0.4, 0.5) is 16.2 Å². The monoisotopic (exact) mass is 478 g/mol. The second kappa shape index (κ2) is 9.89. The molecule has 2 aliphatic rings. The number of aromatic nitrogens is 2. The Labute approximate surface area is 202 Å². The van der Waals surface area contributed by atoms with Gasteiger partial charge in [0.2, 0.25) is 11.8 Å². The number of anilines is 2. The second-order valence-corrected chi connectivity index (χ2v) is 9.44. The van der Waals surface area contributed by atoms with E-state index in [1.807, 2.05) is 42.6 Å². The lowest BCUT2D eigenvalue weighted by molar-refractivity contribution is -0.113. The van der Waals surface area contributed by atoms with Crippen LogP contribution in [0.3, 0.4) is 0 Å². The van der Waals surface area contributed by atoms with Crippen molar-refractivity contribution in [1.82, 2.24) is 9.97 Å². The number of hydrogen-bond acceptors (Lipinski definition) is 7. The van der Waals surface area contributed by atoms with E-state index in [-0.39, 0.29) is 18.1 Å². The highest BCUT2D eigenvalue weighted by molar-refractivity contribution is 8.00. The van der Waals surface area contributed by atoms with E-state index < -0.39 is 0 Å². The molecule has 2 aliphatic heterocycles. The van der Waals surface area contributed by atoms with Crippen LogP contribution in [0.25, 0.3) is 11.0 Å². The largest absolute Gasteiger partial charge is 0.481 e. The molecular formula is C25H26N4O4S. The Balaban J connectivity index is 1.12. The van der Waals surface area contributed by atoms with E-state index >= 15 is 0 Å². The number of unbranched alkanes of at least 4 members (excludes halogenated alkanes) is 2. The molecule has 5 rings (SSSR count). The van der Waals surface area contributed by atoms with Gasteiger partial charge < -0.3 is 14.8 Å². The maximum Gasteiger partial charge on any atom is 0.414 e. The van der Waals surface area contributed by atoms with Gasteiger partial charge in [0, 0.05) is 22.8 Å². The van der Waals surface area contributed by atoms with Crippen molar-refractivity contribution in [3.8, 4) is 5.88 Å². The highest BCUT2D eigenvalue weighted by atomic mass is 32.2. The van der Waals surface area contributed by atoms with Crippen LogP contribution in [-0.4, -0.2) is 47.5 Å². The third-order valence-corrected chi connectivity index (χ3v) is 7.18. The zero-order valence-corrected chi connectivity index (χ0v) is 19.8. The van der Waals surface area contributed by atoms with Gasteiger partial charge in [0.1, 0.15) is 6.10 Å². The SMILES string of the molecule is COc1ccc2nccc(CCCCCC3CN(c4ccc5c(c4)NC(=O)CS5)C(=O)O3)c2n1. The average molecular weight is 479 g/mol. The van der Waals surface area contributed by atoms with E-state index in [2.05, 4.69) is 15.3 Å². The maximum absolute atomic E-state index is 12.5. The fraction of sp³-hybridized carbons (Fsp3) is 0.360. The fourth-order valence-electron chi connectivity index (χ4n) is 4.36. The third-order valence-electron chi connectivity index (χ3n) is 6.11. The first-order chi connectivity index (χ1) is 16.6. The summed E-state index contributed by atoms with van der Waals surface area (Å²) < 4.78 is 10.9. The summed E-state index contributed by atoms with van der Waals surface area (Å²) in [5.74, 6) is 0.989. The molecule has 1 atom stereocenters. The summed E-state index contributed by atoms with van der Waals surface area (Å²) in [6, 6.07) is 11.5. The summed E-state index contributed by atoms with van der Waals surface area (Å²) in [5, 5.41) is 2.88. The fourth-order valence-corrected chi connectivity index (χ4v) is 5.15. The summed E-state index contributed by atoms with van der Waals surface area (Å²) in [7, 11) is 1.61. The molecule has 1 fully saturated rings. The van der Waals surface area contributed by atoms with Gasteiger partial charge in [-0.25, -0.2) is 9.78 Å². The number of amides is 2. The lowest BCUT2D eigenvalue weighted by Gasteiger charge is -2.19. The average Bonchev–Trinajstić information content (AvgIpc) is 3.23. The van der Waals surface area contributed by atoms with Crippen molar-refractivity contribution in [3.05, 3.63) is 48.2 Å². The molecule has 2 aromatic heterocycles. The Morgan fingerprint density at radius 2 is 2.09 bits per heavy atom. The number of carbonyl (C=O) groups is 2. The first-order valence-corrected chi connectivity index (χ1v) is 12.4. The molecule has 1 unspecified atom stereocenters. The smallest absolute Gasteiger partial charge is 0.414 e. The zero-order valence-electron chi connectivity index (χ0n) is 19.0. The van der Waals surface area contributed by atoms with Gasteiger partial charge >= 0.3 is 6.09 Å². The van der Waals surface area contributed by atoms with Crippen LogP contribution < -0.4 is 15.0 Å². The Kier molecular flexibility index (Phi) is 6.53. The predicted octanol–water partition coefficient (Wildman–Crippen LogP) is 4.81. The minimum atomic E-state index is -0.331. The van der Waals surface area contributed by atoms with Gasteiger partial charge in [0.05, 0.1) is 36.1 Å². The van der Waals surface area contributed by atoms with E-state index in [0.29, 0.717) is 18.2 Å². The van der Waals surface area contributed by atoms with Crippen molar-refractivity contribution in [2.75, 3.05) is 29.6 Å². The molecule has 8 nitrogen and oxygen atoms in total. The number of pyridine rings is 2. The number of nitrogens with zero attached hydrogens (tertiary/aromatic N) is 3. The van der Waals surface area contributed by atoms with Crippen molar-refractivity contribution in [2.45, 2.75) is 43.1 Å². The molecule has 2 amide bonds. The lowest BCUT2D eigenvalue weighted by Crippen LogP contribution is -2.25. The maximum atomic E-state index is 12.5. The highest BCUT2D eigenvalue weighted by Crippen LogP contribution is 2.35. The van der Waals surface area contributed by atoms with Gasteiger partial charge in [-0.1, -0.05) is 6.42 Å². The first-order valence-electron chi connectivity index (χ1n) is 11.4. The van der Waals surface area contributed by atoms with E-state index in [4.69, 9.17) is 9.47 Å². The number of cyclic esters (lactones) is 1. The molecule has 0 radical (unpaired) electrons. The lowest BCUT2D eigenvalue weighted by atomic mass is 10.0. The van der Waals surface area contributed by atoms with Gasteiger partial charge in [-0.05, 0) is 61.6 Å². The van der Waals surface area contributed by atoms with E-state index in [1.165, 1.54) is 17.3 Å². The molecule has 1 aromatic carbocycles. The van der Waals surface area contributed by atoms with Crippen LogP contribution in [0.15, 0.2) is 47.5 Å². The molecule has 0 saturated carbocycles. The van der Waals surface area contributed by atoms with Crippen molar-refractivity contribution in [2.24, 2.45) is 0 Å². The van der Waals surface area contributed by atoms with Crippen LogP contribution in [0, 0.1) is 0 Å². The molecule has 176 valence electrons. The summed E-state index contributed by atoms with van der Waals surface area (Å²) in [6.07, 6.45) is 6.13. The number of fused-ring (bicyclic) bond motifs is 2. The molecule has 34 heavy (non-hydrogen) atoms. The summed E-state index contributed by atoms with van der Waals surface area (Å²) in [5.41, 5.74) is 4.44. The topological polar surface area (TPSA) is 93.7 Å². The number of benzene rings is 1. The number of thioether (sulfide) groups is 1. The van der Waals surface area contributed by atoms with Crippen molar-refractivity contribution < 1.29 is 19.1 Å². The summed E-state index contributed by atoms with van der Waals surface area (Å²) in [4.78, 5) is 35.8. The van der Waals surface area contributed by atoms with Crippen molar-refractivity contribution in [3.63, 3.8) is 0 Å². The van der Waals surface area contributed by atoms with Gasteiger partial charge in [-0.15, -0.1) is 11.8 Å². The Hall–Kier alpha value is -3.33. The number of hydrogen-bond donors (Lipinski definition) is 1. The Bertz CT molecular complexity index is 1230. The van der Waals surface area contributed by atoms with Crippen LogP contribution >= 0.6 is 11.8 Å². The standard InChI is InChI=1S/C25H26N4O4S/c1-32-23-10-8-19-24(28-23)16(11-12-26-19)5-3-2-4-6-18-14-29(25(31)33-18)17-7-9-21-20(13-17)27-22(30)15-34-21/h7-13,18H,2-6,14-15H2,1H3,(H,27,30). The predicted molar refractivity (Wildman–Crippen MR) is 132 cm³/mol. The Morgan fingerprint density at radius 3 is 2.97 bits per heavy atom. The first kappa shape index (κ1) is 22.5. The summed E-state index contributed by atoms with van der Waals surface area (Å²) >= 11 is 1.51. The van der Waals surface area contributed by atoms with Crippen LogP contribution in [0.2, 0.25) is 0 Å². The second-order valence-electron chi connectivity index (χ2n) is 8.42. The van der Waals surface area contributed by atoms with Crippen molar-refractivity contribution >= 4 is 46.2 Å². The zero-order chi connectivity index (χ0) is 23.5. The normalized spacial score (nSPS) is 17.4. The summed E-state index contributed by atoms with van der Waals surface area (Å²) in [6.45, 7) is 0.525. The highest BCUT2D eigenvalue weighted by Gasteiger charge is 2.32. The molecule has 1 N–H and O–H groups in total. The number of nitrogens with one attached hydrogen (secondary N) is 1. The molecule has 0 bridgehead atoms. The number of ether oxygens (including phenoxy) is 2.